The first-order valence-electron chi connectivity index (χ1n) is 7.05. The Labute approximate surface area is 116 Å². The van der Waals surface area contributed by atoms with Crippen molar-refractivity contribution in [3.05, 3.63) is 30.3 Å². The summed E-state index contributed by atoms with van der Waals surface area (Å²) in [5.74, 6) is 0.193. The van der Waals surface area contributed by atoms with Crippen molar-refractivity contribution in [3.63, 3.8) is 0 Å². The van der Waals surface area contributed by atoms with Crippen molar-refractivity contribution in [1.82, 2.24) is 0 Å². The predicted molar refractivity (Wildman–Crippen MR) is 81.2 cm³/mol. The fourth-order valence-electron chi connectivity index (χ4n) is 2.21. The first kappa shape index (κ1) is 15.7. The smallest absolute Gasteiger partial charge is 0.226 e. The van der Waals surface area contributed by atoms with Gasteiger partial charge in [-0.25, -0.2) is 0 Å². The number of nitrogens with two attached hydrogens (primary N) is 1. The molecule has 0 radical (unpaired) electrons. The molecular formula is C16H26N2O. The Kier molecular flexibility index (Phi) is 6.03. The third kappa shape index (κ3) is 5.03. The van der Waals surface area contributed by atoms with E-state index in [9.17, 15) is 4.79 Å². The number of hydrogen-bond acceptors (Lipinski definition) is 2. The van der Waals surface area contributed by atoms with Crippen LogP contribution in [0.15, 0.2) is 30.3 Å². The highest BCUT2D eigenvalue weighted by molar-refractivity contribution is 5.93. The monoisotopic (exact) mass is 262 g/mol. The van der Waals surface area contributed by atoms with Crippen LogP contribution in [0, 0.1) is 5.41 Å². The van der Waals surface area contributed by atoms with Crippen molar-refractivity contribution in [3.8, 4) is 0 Å². The lowest BCUT2D eigenvalue weighted by Gasteiger charge is -2.26. The van der Waals surface area contributed by atoms with Crippen LogP contribution in [0.5, 0.6) is 0 Å². The zero-order chi connectivity index (χ0) is 14.3. The third-order valence-electron chi connectivity index (χ3n) is 3.52. The molecule has 0 unspecified atom stereocenters. The minimum Gasteiger partial charge on any atom is -0.330 e. The molecule has 0 saturated carbocycles. The van der Waals surface area contributed by atoms with Crippen LogP contribution in [0.25, 0.3) is 0 Å². The van der Waals surface area contributed by atoms with Crippen LogP contribution in [-0.2, 0) is 4.79 Å². The summed E-state index contributed by atoms with van der Waals surface area (Å²) in [6.45, 7) is 7.74. The van der Waals surface area contributed by atoms with E-state index in [1.165, 1.54) is 0 Å². The van der Waals surface area contributed by atoms with Gasteiger partial charge in [0, 0.05) is 18.7 Å². The van der Waals surface area contributed by atoms with E-state index in [1.807, 2.05) is 42.2 Å². The van der Waals surface area contributed by atoms with E-state index in [4.69, 9.17) is 5.73 Å². The first-order chi connectivity index (χ1) is 9.00. The van der Waals surface area contributed by atoms with Crippen LogP contribution >= 0.6 is 0 Å². The lowest BCUT2D eigenvalue weighted by molar-refractivity contribution is -0.119. The Bertz CT molecular complexity index is 387. The number of nitrogens with zero attached hydrogens (tertiary/aromatic N) is 1. The molecule has 0 aliphatic carbocycles. The summed E-state index contributed by atoms with van der Waals surface area (Å²) < 4.78 is 0. The standard InChI is InChI=1S/C16H26N2O/c1-4-18(14-8-6-5-7-9-14)15(19)10-11-16(2,3)12-13-17/h5-9H,4,10-13,17H2,1-3H3. The lowest BCUT2D eigenvalue weighted by atomic mass is 9.84. The highest BCUT2D eigenvalue weighted by Gasteiger charge is 2.21. The summed E-state index contributed by atoms with van der Waals surface area (Å²) in [5, 5.41) is 0. The lowest BCUT2D eigenvalue weighted by Crippen LogP contribution is -2.31. The fraction of sp³-hybridized carbons (Fsp3) is 0.562. The summed E-state index contributed by atoms with van der Waals surface area (Å²) in [6.07, 6.45) is 2.42. The van der Waals surface area contributed by atoms with Gasteiger partial charge in [-0.3, -0.25) is 4.79 Å². The van der Waals surface area contributed by atoms with E-state index < -0.39 is 0 Å². The van der Waals surface area contributed by atoms with Gasteiger partial charge in [0.15, 0.2) is 0 Å². The normalized spacial score (nSPS) is 11.4. The van der Waals surface area contributed by atoms with Gasteiger partial charge in [0.25, 0.3) is 0 Å². The number of rotatable bonds is 7. The number of benzene rings is 1. The van der Waals surface area contributed by atoms with Crippen molar-refractivity contribution in [1.29, 1.82) is 0 Å². The van der Waals surface area contributed by atoms with E-state index in [2.05, 4.69) is 13.8 Å². The minimum atomic E-state index is 0.139. The van der Waals surface area contributed by atoms with Gasteiger partial charge in [0.2, 0.25) is 5.91 Å². The van der Waals surface area contributed by atoms with Crippen molar-refractivity contribution < 1.29 is 4.79 Å². The van der Waals surface area contributed by atoms with E-state index in [0.29, 0.717) is 19.5 Å². The number of anilines is 1. The summed E-state index contributed by atoms with van der Waals surface area (Å²) in [4.78, 5) is 14.2. The van der Waals surface area contributed by atoms with Gasteiger partial charge in [0.05, 0.1) is 0 Å². The number of para-hydroxylation sites is 1. The van der Waals surface area contributed by atoms with E-state index in [0.717, 1.165) is 18.5 Å². The molecular weight excluding hydrogens is 236 g/mol. The van der Waals surface area contributed by atoms with E-state index >= 15 is 0 Å². The van der Waals surface area contributed by atoms with Crippen molar-refractivity contribution in [2.24, 2.45) is 11.1 Å². The molecule has 3 nitrogen and oxygen atoms in total. The molecule has 106 valence electrons. The number of hydrogen-bond donors (Lipinski definition) is 1. The van der Waals surface area contributed by atoms with Gasteiger partial charge in [0.1, 0.15) is 0 Å². The van der Waals surface area contributed by atoms with E-state index in [1.54, 1.807) is 0 Å². The molecule has 0 aromatic heterocycles. The molecule has 0 spiro atoms. The van der Waals surface area contributed by atoms with Gasteiger partial charge >= 0.3 is 0 Å². The molecule has 1 aromatic rings. The molecule has 3 heteroatoms. The third-order valence-corrected chi connectivity index (χ3v) is 3.52. The van der Waals surface area contributed by atoms with Crippen molar-refractivity contribution >= 4 is 11.6 Å². The maximum Gasteiger partial charge on any atom is 0.226 e. The Morgan fingerprint density at radius 2 is 1.84 bits per heavy atom. The second-order valence-corrected chi connectivity index (χ2v) is 5.68. The highest BCUT2D eigenvalue weighted by atomic mass is 16.2. The maximum atomic E-state index is 12.3. The van der Waals surface area contributed by atoms with Gasteiger partial charge in [-0.05, 0) is 43.9 Å². The van der Waals surface area contributed by atoms with Crippen LogP contribution in [0.4, 0.5) is 5.69 Å². The van der Waals surface area contributed by atoms with Crippen LogP contribution in [0.3, 0.4) is 0 Å². The number of carbonyl (C=O) groups excluding carboxylic acids is 1. The molecule has 19 heavy (non-hydrogen) atoms. The molecule has 0 atom stereocenters. The predicted octanol–water partition coefficient (Wildman–Crippen LogP) is 3.19. The topological polar surface area (TPSA) is 46.3 Å². The molecule has 0 aliphatic heterocycles. The maximum absolute atomic E-state index is 12.3. The minimum absolute atomic E-state index is 0.139. The molecule has 0 fully saturated rings. The number of carbonyl (C=O) groups is 1. The van der Waals surface area contributed by atoms with Crippen LogP contribution in [-0.4, -0.2) is 19.0 Å². The van der Waals surface area contributed by atoms with E-state index in [-0.39, 0.29) is 11.3 Å². The first-order valence-corrected chi connectivity index (χ1v) is 7.05. The van der Waals surface area contributed by atoms with Gasteiger partial charge in [-0.1, -0.05) is 32.0 Å². The average Bonchev–Trinajstić information content (AvgIpc) is 2.39. The fourth-order valence-corrected chi connectivity index (χ4v) is 2.21. The van der Waals surface area contributed by atoms with Gasteiger partial charge in [-0.2, -0.15) is 0 Å². The summed E-state index contributed by atoms with van der Waals surface area (Å²) in [5.41, 5.74) is 6.72. The van der Waals surface area contributed by atoms with Crippen LogP contribution in [0.1, 0.15) is 40.0 Å². The van der Waals surface area contributed by atoms with Crippen LogP contribution in [0.2, 0.25) is 0 Å². The molecule has 0 aliphatic rings. The number of amides is 1. The largest absolute Gasteiger partial charge is 0.330 e. The van der Waals surface area contributed by atoms with Crippen molar-refractivity contribution in [2.45, 2.75) is 40.0 Å². The second kappa shape index (κ2) is 7.29. The average molecular weight is 262 g/mol. The highest BCUT2D eigenvalue weighted by Crippen LogP contribution is 2.27. The summed E-state index contributed by atoms with van der Waals surface area (Å²) in [7, 11) is 0. The molecule has 2 N–H and O–H groups in total. The SMILES string of the molecule is CCN(C(=O)CCC(C)(C)CCN)c1ccccc1. The van der Waals surface area contributed by atoms with Gasteiger partial charge in [-0.15, -0.1) is 0 Å². The van der Waals surface area contributed by atoms with Gasteiger partial charge < -0.3 is 10.6 Å². The molecule has 0 saturated heterocycles. The summed E-state index contributed by atoms with van der Waals surface area (Å²) in [6, 6.07) is 9.85. The van der Waals surface area contributed by atoms with Crippen LogP contribution < -0.4 is 10.6 Å². The zero-order valence-electron chi connectivity index (χ0n) is 12.4. The Morgan fingerprint density at radius 1 is 1.21 bits per heavy atom. The zero-order valence-corrected chi connectivity index (χ0v) is 12.4. The Balaban J connectivity index is 2.61. The quantitative estimate of drug-likeness (QED) is 0.820. The molecule has 1 aromatic carbocycles. The van der Waals surface area contributed by atoms with Crippen molar-refractivity contribution in [2.75, 3.05) is 18.0 Å². The molecule has 1 rings (SSSR count). The molecule has 1 amide bonds. The Hall–Kier alpha value is -1.35. The second-order valence-electron chi connectivity index (χ2n) is 5.68. The molecule has 0 heterocycles. The Morgan fingerprint density at radius 3 is 2.37 bits per heavy atom. The molecule has 0 bridgehead atoms. The summed E-state index contributed by atoms with van der Waals surface area (Å²) >= 11 is 0.